The zero-order valence-corrected chi connectivity index (χ0v) is 16.5. The lowest BCUT2D eigenvalue weighted by Crippen LogP contribution is -2.28. The van der Waals surface area contributed by atoms with E-state index in [9.17, 15) is 9.59 Å². The molecule has 4 nitrogen and oxygen atoms in total. The van der Waals surface area contributed by atoms with Crippen molar-refractivity contribution < 1.29 is 9.59 Å². The predicted molar refractivity (Wildman–Crippen MR) is 104 cm³/mol. The van der Waals surface area contributed by atoms with Gasteiger partial charge in [0.05, 0.1) is 16.6 Å². The number of hydrogen-bond donors (Lipinski definition) is 1. The fourth-order valence-electron chi connectivity index (χ4n) is 2.83. The molecule has 0 aromatic heterocycles. The Labute approximate surface area is 164 Å². The van der Waals surface area contributed by atoms with Gasteiger partial charge in [-0.15, -0.1) is 0 Å². The first-order valence-electron chi connectivity index (χ1n) is 7.68. The van der Waals surface area contributed by atoms with E-state index in [-0.39, 0.29) is 18.2 Å². The van der Waals surface area contributed by atoms with Crippen LogP contribution >= 0.6 is 39.1 Å². The molecule has 0 radical (unpaired) electrons. The van der Waals surface area contributed by atoms with Gasteiger partial charge in [-0.05, 0) is 42.8 Å². The molecule has 1 atom stereocenters. The van der Waals surface area contributed by atoms with Gasteiger partial charge in [0.15, 0.2) is 0 Å². The molecule has 3 rings (SSSR count). The van der Waals surface area contributed by atoms with Crippen LogP contribution in [0.5, 0.6) is 0 Å². The molecule has 1 fully saturated rings. The summed E-state index contributed by atoms with van der Waals surface area (Å²) in [5.41, 5.74) is 2.10. The van der Waals surface area contributed by atoms with Gasteiger partial charge in [0.25, 0.3) is 0 Å². The molecule has 0 bridgehead atoms. The smallest absolute Gasteiger partial charge is 0.229 e. The highest BCUT2D eigenvalue weighted by Gasteiger charge is 2.36. The van der Waals surface area contributed by atoms with Gasteiger partial charge in [-0.1, -0.05) is 45.2 Å². The highest BCUT2D eigenvalue weighted by atomic mass is 79.9. The molecule has 1 heterocycles. The largest absolute Gasteiger partial charge is 0.324 e. The van der Waals surface area contributed by atoms with Gasteiger partial charge in [0.1, 0.15) is 0 Å². The van der Waals surface area contributed by atoms with Crippen molar-refractivity contribution in [2.45, 2.75) is 13.3 Å². The molecule has 0 aliphatic carbocycles. The Morgan fingerprint density at radius 1 is 1.24 bits per heavy atom. The SMILES string of the molecule is Cc1c(Cl)cccc1N1C[C@H](C(=O)Nc2ccc(Br)cc2Cl)CC1=O. The number of amides is 2. The van der Waals surface area contributed by atoms with E-state index < -0.39 is 5.92 Å². The molecule has 130 valence electrons. The van der Waals surface area contributed by atoms with Crippen molar-refractivity contribution in [2.75, 3.05) is 16.8 Å². The molecule has 25 heavy (non-hydrogen) atoms. The van der Waals surface area contributed by atoms with Crippen LogP contribution in [0.1, 0.15) is 12.0 Å². The van der Waals surface area contributed by atoms with Gasteiger partial charge in [-0.3, -0.25) is 9.59 Å². The van der Waals surface area contributed by atoms with Crippen LogP contribution in [0.15, 0.2) is 40.9 Å². The third-order valence-corrected chi connectivity index (χ3v) is 5.43. The summed E-state index contributed by atoms with van der Waals surface area (Å²) < 4.78 is 0.828. The molecule has 0 spiro atoms. The maximum Gasteiger partial charge on any atom is 0.229 e. The van der Waals surface area contributed by atoms with E-state index in [4.69, 9.17) is 23.2 Å². The van der Waals surface area contributed by atoms with Gasteiger partial charge in [0, 0.05) is 28.1 Å². The summed E-state index contributed by atoms with van der Waals surface area (Å²) in [6.45, 7) is 2.18. The Morgan fingerprint density at radius 3 is 2.72 bits per heavy atom. The highest BCUT2D eigenvalue weighted by molar-refractivity contribution is 9.10. The van der Waals surface area contributed by atoms with E-state index in [1.807, 2.05) is 13.0 Å². The Kier molecular flexibility index (Phi) is 5.37. The number of carbonyl (C=O) groups is 2. The number of halogens is 3. The molecule has 1 N–H and O–H groups in total. The van der Waals surface area contributed by atoms with E-state index in [0.29, 0.717) is 22.3 Å². The first-order valence-corrected chi connectivity index (χ1v) is 9.23. The third kappa shape index (κ3) is 3.84. The van der Waals surface area contributed by atoms with Crippen molar-refractivity contribution in [3.05, 3.63) is 56.5 Å². The topological polar surface area (TPSA) is 49.4 Å². The number of nitrogens with one attached hydrogen (secondary N) is 1. The fourth-order valence-corrected chi connectivity index (χ4v) is 3.72. The van der Waals surface area contributed by atoms with Crippen molar-refractivity contribution in [3.8, 4) is 0 Å². The Bertz CT molecular complexity index is 857. The van der Waals surface area contributed by atoms with E-state index in [1.54, 1.807) is 35.2 Å². The molecule has 1 saturated heterocycles. The lowest BCUT2D eigenvalue weighted by Gasteiger charge is -2.19. The summed E-state index contributed by atoms with van der Waals surface area (Å²) in [4.78, 5) is 26.5. The standard InChI is InChI=1S/C18H15BrCl2N2O2/c1-10-13(20)3-2-4-16(10)23-9-11(7-17(23)24)18(25)22-15-6-5-12(19)8-14(15)21/h2-6,8,11H,7,9H2,1H3,(H,22,25)/t11-/m1/s1. The van der Waals surface area contributed by atoms with Gasteiger partial charge < -0.3 is 10.2 Å². The van der Waals surface area contributed by atoms with Crippen LogP contribution in [0.4, 0.5) is 11.4 Å². The number of benzene rings is 2. The number of anilines is 2. The number of carbonyl (C=O) groups excluding carboxylic acids is 2. The second-order valence-electron chi connectivity index (χ2n) is 5.90. The zero-order valence-electron chi connectivity index (χ0n) is 13.4. The first kappa shape index (κ1) is 18.2. The average molecular weight is 442 g/mol. The van der Waals surface area contributed by atoms with Crippen molar-refractivity contribution in [2.24, 2.45) is 5.92 Å². The molecular formula is C18H15BrCl2N2O2. The summed E-state index contributed by atoms with van der Waals surface area (Å²) >= 11 is 15.6. The second-order valence-corrected chi connectivity index (χ2v) is 7.63. The number of nitrogens with zero attached hydrogens (tertiary/aromatic N) is 1. The summed E-state index contributed by atoms with van der Waals surface area (Å²) in [6.07, 6.45) is 0.159. The number of hydrogen-bond acceptors (Lipinski definition) is 2. The molecule has 2 aromatic rings. The fraction of sp³-hybridized carbons (Fsp3) is 0.222. The number of rotatable bonds is 3. The molecule has 0 saturated carbocycles. The van der Waals surface area contributed by atoms with Gasteiger partial charge >= 0.3 is 0 Å². The van der Waals surface area contributed by atoms with Crippen molar-refractivity contribution in [1.82, 2.24) is 0 Å². The summed E-state index contributed by atoms with van der Waals surface area (Å²) in [6, 6.07) is 10.6. The summed E-state index contributed by atoms with van der Waals surface area (Å²) in [5, 5.41) is 3.84. The maximum atomic E-state index is 12.5. The van der Waals surface area contributed by atoms with E-state index >= 15 is 0 Å². The quantitative estimate of drug-likeness (QED) is 0.723. The van der Waals surface area contributed by atoms with E-state index in [1.165, 1.54) is 0 Å². The summed E-state index contributed by atoms with van der Waals surface area (Å²) in [7, 11) is 0. The molecular weight excluding hydrogens is 427 g/mol. The van der Waals surface area contributed by atoms with Crippen LogP contribution in [0, 0.1) is 12.8 Å². The predicted octanol–water partition coefficient (Wildman–Crippen LogP) is 5.06. The van der Waals surface area contributed by atoms with Crippen LogP contribution in [0.3, 0.4) is 0 Å². The average Bonchev–Trinajstić information content (AvgIpc) is 2.94. The van der Waals surface area contributed by atoms with Crippen LogP contribution in [-0.4, -0.2) is 18.4 Å². The van der Waals surface area contributed by atoms with Gasteiger partial charge in [-0.2, -0.15) is 0 Å². The van der Waals surface area contributed by atoms with E-state index in [0.717, 1.165) is 15.7 Å². The van der Waals surface area contributed by atoms with Crippen molar-refractivity contribution >= 4 is 62.3 Å². The third-order valence-electron chi connectivity index (χ3n) is 4.21. The van der Waals surface area contributed by atoms with Crippen molar-refractivity contribution in [3.63, 3.8) is 0 Å². The van der Waals surface area contributed by atoms with E-state index in [2.05, 4.69) is 21.2 Å². The highest BCUT2D eigenvalue weighted by Crippen LogP contribution is 2.32. The first-order chi connectivity index (χ1) is 11.9. The molecule has 1 aliphatic heterocycles. The van der Waals surface area contributed by atoms with Gasteiger partial charge in [-0.25, -0.2) is 0 Å². The van der Waals surface area contributed by atoms with Crippen LogP contribution in [-0.2, 0) is 9.59 Å². The van der Waals surface area contributed by atoms with Gasteiger partial charge in [0.2, 0.25) is 11.8 Å². The van der Waals surface area contributed by atoms with Crippen molar-refractivity contribution in [1.29, 1.82) is 0 Å². The lowest BCUT2D eigenvalue weighted by atomic mass is 10.1. The monoisotopic (exact) mass is 440 g/mol. The Hall–Kier alpha value is -1.56. The second kappa shape index (κ2) is 7.36. The molecule has 1 aliphatic rings. The minimum Gasteiger partial charge on any atom is -0.324 e. The molecule has 7 heteroatoms. The Balaban J connectivity index is 1.75. The summed E-state index contributed by atoms with van der Waals surface area (Å²) in [5.74, 6) is -0.752. The van der Waals surface area contributed by atoms with Crippen LogP contribution in [0.2, 0.25) is 10.0 Å². The molecule has 0 unspecified atom stereocenters. The minimum atomic E-state index is -0.439. The zero-order chi connectivity index (χ0) is 18.1. The normalized spacial score (nSPS) is 17.0. The van der Waals surface area contributed by atoms with Crippen LogP contribution in [0.25, 0.3) is 0 Å². The minimum absolute atomic E-state index is 0.0904. The van der Waals surface area contributed by atoms with Crippen LogP contribution < -0.4 is 10.2 Å². The maximum absolute atomic E-state index is 12.5. The Morgan fingerprint density at radius 2 is 2.00 bits per heavy atom. The molecule has 2 amide bonds. The molecule has 2 aromatic carbocycles. The lowest BCUT2D eigenvalue weighted by molar-refractivity contribution is -0.122.